The summed E-state index contributed by atoms with van der Waals surface area (Å²) in [6.07, 6.45) is 4.14. The van der Waals surface area contributed by atoms with Gasteiger partial charge in [0, 0.05) is 67.4 Å². The normalized spacial score (nSPS) is 17.3. The lowest BCUT2D eigenvalue weighted by molar-refractivity contribution is 0.0949. The van der Waals surface area contributed by atoms with E-state index in [1.165, 1.54) is 6.20 Å². The fourth-order valence-electron chi connectivity index (χ4n) is 5.96. The smallest absolute Gasteiger partial charge is 0.257 e. The number of nitrogens with one attached hydrogen (secondary N) is 2. The lowest BCUT2D eigenvalue weighted by Gasteiger charge is -2.44. The van der Waals surface area contributed by atoms with Crippen LogP contribution in [0, 0.1) is 5.92 Å². The first-order valence-corrected chi connectivity index (χ1v) is 13.7. The van der Waals surface area contributed by atoms with E-state index in [0.717, 1.165) is 29.9 Å². The van der Waals surface area contributed by atoms with Crippen molar-refractivity contribution in [1.82, 2.24) is 14.9 Å². The number of benzene rings is 2. The number of para-hydroxylation sites is 1. The molecular weight excluding hydrogens is 518 g/mol. The Balaban J connectivity index is 1.29. The molecule has 1 fully saturated rings. The molecule has 0 radical (unpaired) electrons. The third-order valence-corrected chi connectivity index (χ3v) is 7.88. The summed E-state index contributed by atoms with van der Waals surface area (Å²) in [5, 5.41) is 5.99. The maximum Gasteiger partial charge on any atom is 0.257 e. The van der Waals surface area contributed by atoms with Gasteiger partial charge in [-0.2, -0.15) is 0 Å². The van der Waals surface area contributed by atoms with Crippen molar-refractivity contribution in [3.8, 4) is 5.75 Å². The molecule has 4 heterocycles. The van der Waals surface area contributed by atoms with Crippen LogP contribution in [0.2, 0.25) is 0 Å². The number of methoxy groups -OCH3 is 1. The first kappa shape index (κ1) is 26.3. The average molecular weight is 550 g/mol. The number of fused-ring (bicyclic) bond motifs is 4. The van der Waals surface area contributed by atoms with E-state index in [2.05, 4.69) is 20.5 Å². The standard InChI is InChI=1S/C32H31N5O4/c1-41-29-9-3-2-6-23(29)17-34-31(39)22-11-12-28(26(15-22)35-32(40)24-7-5-13-33-16-24)36-18-21-14-25(20-36)27-8-4-10-30(38)37(27)19-21/h2-13,15-16,21,25H,14,17-20H2,1H3,(H,34,39)(H,35,40)/t21-,25-/m0/s1. The Kier molecular flexibility index (Phi) is 7.24. The van der Waals surface area contributed by atoms with Crippen LogP contribution < -0.4 is 25.8 Å². The van der Waals surface area contributed by atoms with Crippen LogP contribution in [0.1, 0.15) is 44.3 Å². The second-order valence-corrected chi connectivity index (χ2v) is 10.5. The minimum absolute atomic E-state index is 0.0403. The maximum absolute atomic E-state index is 13.2. The van der Waals surface area contributed by atoms with Crippen LogP contribution in [0.4, 0.5) is 11.4 Å². The van der Waals surface area contributed by atoms with E-state index in [1.54, 1.807) is 43.6 Å². The van der Waals surface area contributed by atoms with E-state index in [0.29, 0.717) is 48.1 Å². The first-order valence-electron chi connectivity index (χ1n) is 13.7. The van der Waals surface area contributed by atoms with E-state index in [1.807, 2.05) is 47.0 Å². The molecule has 0 saturated carbocycles. The average Bonchev–Trinajstić information content (AvgIpc) is 3.01. The number of nitrogens with zero attached hydrogens (tertiary/aromatic N) is 3. The first-order chi connectivity index (χ1) is 20.0. The van der Waals surface area contributed by atoms with Gasteiger partial charge < -0.3 is 24.8 Å². The van der Waals surface area contributed by atoms with Crippen molar-refractivity contribution >= 4 is 23.2 Å². The molecule has 2 bridgehead atoms. The minimum Gasteiger partial charge on any atom is -0.496 e. The van der Waals surface area contributed by atoms with Gasteiger partial charge in [0.2, 0.25) is 0 Å². The number of anilines is 2. The van der Waals surface area contributed by atoms with E-state index >= 15 is 0 Å². The van der Waals surface area contributed by atoms with Crippen molar-refractivity contribution in [2.75, 3.05) is 30.4 Å². The molecule has 2 N–H and O–H groups in total. The molecule has 208 valence electrons. The topological polar surface area (TPSA) is 106 Å². The monoisotopic (exact) mass is 549 g/mol. The van der Waals surface area contributed by atoms with Gasteiger partial charge in [0.05, 0.1) is 24.0 Å². The number of hydrogen-bond donors (Lipinski definition) is 2. The van der Waals surface area contributed by atoms with Crippen molar-refractivity contribution in [2.24, 2.45) is 5.92 Å². The molecule has 2 aliphatic rings. The highest BCUT2D eigenvalue weighted by atomic mass is 16.5. The van der Waals surface area contributed by atoms with Crippen LogP contribution in [0.25, 0.3) is 0 Å². The Hall–Kier alpha value is -4.92. The number of ether oxygens (including phenoxy) is 1. The molecular formula is C32H31N5O4. The van der Waals surface area contributed by atoms with Gasteiger partial charge in [0.15, 0.2) is 0 Å². The SMILES string of the molecule is COc1ccccc1CNC(=O)c1ccc(N2C[C@@H]3C[C@@H](C2)c2cccc(=O)n2C3)c(NC(=O)c2cccnc2)c1. The Morgan fingerprint density at radius 3 is 2.66 bits per heavy atom. The van der Waals surface area contributed by atoms with Crippen LogP contribution in [0.3, 0.4) is 0 Å². The second-order valence-electron chi connectivity index (χ2n) is 10.5. The Labute approximate surface area is 237 Å². The van der Waals surface area contributed by atoms with E-state index < -0.39 is 0 Å². The highest BCUT2D eigenvalue weighted by Gasteiger charge is 2.35. The number of pyridine rings is 2. The molecule has 2 aliphatic heterocycles. The third kappa shape index (κ3) is 5.43. The summed E-state index contributed by atoms with van der Waals surface area (Å²) in [7, 11) is 1.60. The summed E-state index contributed by atoms with van der Waals surface area (Å²) >= 11 is 0. The second kappa shape index (κ2) is 11.3. The molecule has 2 amide bonds. The minimum atomic E-state index is -0.306. The van der Waals surface area contributed by atoms with Gasteiger partial charge in [-0.1, -0.05) is 24.3 Å². The predicted molar refractivity (Wildman–Crippen MR) is 157 cm³/mol. The van der Waals surface area contributed by atoms with E-state index in [4.69, 9.17) is 4.74 Å². The van der Waals surface area contributed by atoms with Crippen molar-refractivity contribution in [3.05, 3.63) is 118 Å². The summed E-state index contributed by atoms with van der Waals surface area (Å²) in [5.74, 6) is 0.629. The number of amides is 2. The zero-order chi connectivity index (χ0) is 28.3. The predicted octanol–water partition coefficient (Wildman–Crippen LogP) is 4.06. The molecule has 6 rings (SSSR count). The third-order valence-electron chi connectivity index (χ3n) is 7.88. The van der Waals surface area contributed by atoms with Crippen molar-refractivity contribution < 1.29 is 14.3 Å². The molecule has 4 aromatic rings. The summed E-state index contributed by atoms with van der Waals surface area (Å²) in [6.45, 7) is 2.42. The number of carbonyl (C=O) groups is 2. The van der Waals surface area contributed by atoms with Crippen LogP contribution in [0.5, 0.6) is 5.75 Å². The van der Waals surface area contributed by atoms with Gasteiger partial charge in [0.25, 0.3) is 17.4 Å². The number of aromatic nitrogens is 2. The number of carbonyl (C=O) groups excluding carboxylic acids is 2. The van der Waals surface area contributed by atoms with Crippen LogP contribution in [-0.2, 0) is 13.1 Å². The summed E-state index contributed by atoms with van der Waals surface area (Å²) in [4.78, 5) is 45.2. The maximum atomic E-state index is 13.2. The highest BCUT2D eigenvalue weighted by Crippen LogP contribution is 2.39. The lowest BCUT2D eigenvalue weighted by atomic mass is 9.83. The van der Waals surface area contributed by atoms with Crippen LogP contribution >= 0.6 is 0 Å². The molecule has 2 aromatic carbocycles. The van der Waals surface area contributed by atoms with Crippen molar-refractivity contribution in [2.45, 2.75) is 25.4 Å². The Morgan fingerprint density at radius 1 is 0.951 bits per heavy atom. The molecule has 9 heteroatoms. The van der Waals surface area contributed by atoms with Crippen molar-refractivity contribution in [3.63, 3.8) is 0 Å². The molecule has 9 nitrogen and oxygen atoms in total. The lowest BCUT2D eigenvalue weighted by Crippen LogP contribution is -2.47. The largest absolute Gasteiger partial charge is 0.496 e. The van der Waals surface area contributed by atoms with Crippen LogP contribution in [0.15, 0.2) is 90.0 Å². The highest BCUT2D eigenvalue weighted by molar-refractivity contribution is 6.07. The fourth-order valence-corrected chi connectivity index (χ4v) is 5.96. The van der Waals surface area contributed by atoms with Gasteiger partial charge in [0.1, 0.15) is 5.75 Å². The van der Waals surface area contributed by atoms with Crippen molar-refractivity contribution in [1.29, 1.82) is 0 Å². The van der Waals surface area contributed by atoms with Gasteiger partial charge in [-0.05, 0) is 54.8 Å². The molecule has 2 aromatic heterocycles. The molecule has 0 unspecified atom stereocenters. The van der Waals surface area contributed by atoms with Gasteiger partial charge >= 0.3 is 0 Å². The number of hydrogen-bond acceptors (Lipinski definition) is 6. The Bertz CT molecular complexity index is 1650. The van der Waals surface area contributed by atoms with E-state index in [9.17, 15) is 14.4 Å². The molecule has 1 saturated heterocycles. The van der Waals surface area contributed by atoms with Gasteiger partial charge in [-0.3, -0.25) is 19.4 Å². The zero-order valence-corrected chi connectivity index (χ0v) is 22.7. The summed E-state index contributed by atoms with van der Waals surface area (Å²) < 4.78 is 7.30. The molecule has 0 aliphatic carbocycles. The zero-order valence-electron chi connectivity index (χ0n) is 22.7. The Morgan fingerprint density at radius 2 is 1.83 bits per heavy atom. The van der Waals surface area contributed by atoms with E-state index in [-0.39, 0.29) is 23.3 Å². The van der Waals surface area contributed by atoms with Gasteiger partial charge in [-0.15, -0.1) is 0 Å². The molecule has 2 atom stereocenters. The molecule has 41 heavy (non-hydrogen) atoms. The quantitative estimate of drug-likeness (QED) is 0.360. The van der Waals surface area contributed by atoms with Gasteiger partial charge in [-0.25, -0.2) is 0 Å². The molecule has 0 spiro atoms. The summed E-state index contributed by atoms with van der Waals surface area (Å²) in [6, 6.07) is 21.8. The number of piperidine rings is 1. The number of rotatable bonds is 7. The summed E-state index contributed by atoms with van der Waals surface area (Å²) in [5.41, 5.74) is 4.20. The van der Waals surface area contributed by atoms with Crippen LogP contribution in [-0.4, -0.2) is 41.6 Å². The fraction of sp³-hybridized carbons (Fsp3) is 0.250.